The Balaban J connectivity index is 1.77. The number of nitrogens with zero attached hydrogens (tertiary/aromatic N) is 1. The molecule has 0 spiro atoms. The Morgan fingerprint density at radius 2 is 1.59 bits per heavy atom. The van der Waals surface area contributed by atoms with Crippen LogP contribution in [0.1, 0.15) is 35.6 Å². The van der Waals surface area contributed by atoms with Gasteiger partial charge in [-0.15, -0.1) is 0 Å². The molecule has 4 aromatic carbocycles. The van der Waals surface area contributed by atoms with Crippen LogP contribution in [0.5, 0.6) is 11.5 Å². The molecule has 1 aliphatic heterocycles. The molecular weight excluding hydrogens is 482 g/mol. The summed E-state index contributed by atoms with van der Waals surface area (Å²) in [5.74, 6) is 1.20. The molecule has 5 nitrogen and oxygen atoms in total. The van der Waals surface area contributed by atoms with Crippen LogP contribution in [0.4, 0.5) is 11.4 Å². The van der Waals surface area contributed by atoms with Crippen molar-refractivity contribution in [3.8, 4) is 11.5 Å². The molecule has 0 aliphatic carbocycles. The van der Waals surface area contributed by atoms with Crippen molar-refractivity contribution in [2.45, 2.75) is 32.1 Å². The van der Waals surface area contributed by atoms with Crippen LogP contribution >= 0.6 is 0 Å². The van der Waals surface area contributed by atoms with Gasteiger partial charge in [0.1, 0.15) is 16.4 Å². The van der Waals surface area contributed by atoms with Gasteiger partial charge in [-0.3, -0.25) is 4.55 Å². The molecular formula is C31H29NO4S. The van der Waals surface area contributed by atoms with Crippen LogP contribution in [0.2, 0.25) is 0 Å². The highest BCUT2D eigenvalue weighted by molar-refractivity contribution is 7.86. The van der Waals surface area contributed by atoms with E-state index in [0.29, 0.717) is 22.6 Å². The molecule has 0 unspecified atom stereocenters. The molecule has 0 fully saturated rings. The average Bonchev–Trinajstić information content (AvgIpc) is 2.85. The molecule has 0 radical (unpaired) electrons. The fraction of sp³-hybridized carbons (Fsp3) is 0.161. The van der Waals surface area contributed by atoms with Crippen LogP contribution in [0.3, 0.4) is 0 Å². The van der Waals surface area contributed by atoms with E-state index in [2.05, 4.69) is 50.4 Å². The smallest absolute Gasteiger partial charge is 0.295 e. The molecule has 0 bridgehead atoms. The van der Waals surface area contributed by atoms with E-state index in [-0.39, 0.29) is 4.90 Å². The highest BCUT2D eigenvalue weighted by Crippen LogP contribution is 2.41. The van der Waals surface area contributed by atoms with Crippen molar-refractivity contribution < 1.29 is 17.7 Å². The Hall–Kier alpha value is -3.87. The number of para-hydroxylation sites is 1. The van der Waals surface area contributed by atoms with Crippen LogP contribution in [0.15, 0.2) is 83.8 Å². The summed E-state index contributed by atoms with van der Waals surface area (Å²) >= 11 is 0. The lowest BCUT2D eigenvalue weighted by Crippen LogP contribution is -2.22. The van der Waals surface area contributed by atoms with Gasteiger partial charge < -0.3 is 9.64 Å². The number of rotatable bonds is 6. The van der Waals surface area contributed by atoms with Gasteiger partial charge in [0.2, 0.25) is 0 Å². The van der Waals surface area contributed by atoms with Crippen LogP contribution < -0.4 is 20.1 Å². The quantitative estimate of drug-likeness (QED) is 0.289. The minimum atomic E-state index is -4.45. The molecule has 0 amide bonds. The first kappa shape index (κ1) is 24.8. The van der Waals surface area contributed by atoms with Gasteiger partial charge in [-0.2, -0.15) is 8.42 Å². The minimum absolute atomic E-state index is 0.144. The Bertz CT molecular complexity index is 1720. The molecule has 4 aromatic rings. The average molecular weight is 512 g/mol. The number of ether oxygens (including phenoxy) is 1. The maximum absolute atomic E-state index is 12.3. The second kappa shape index (κ2) is 9.54. The predicted molar refractivity (Wildman–Crippen MR) is 149 cm³/mol. The Morgan fingerprint density at radius 3 is 2.30 bits per heavy atom. The summed E-state index contributed by atoms with van der Waals surface area (Å²) in [6.07, 6.45) is 0.957. The molecule has 0 atom stereocenters. The predicted octanol–water partition coefficient (Wildman–Crippen LogP) is 5.86. The van der Waals surface area contributed by atoms with Crippen LogP contribution in [0.25, 0.3) is 12.2 Å². The Kier molecular flexibility index (Phi) is 6.40. The van der Waals surface area contributed by atoms with Gasteiger partial charge in [-0.25, -0.2) is 0 Å². The van der Waals surface area contributed by atoms with E-state index in [1.807, 2.05) is 36.4 Å². The third-order valence-corrected chi connectivity index (χ3v) is 7.58. The summed E-state index contributed by atoms with van der Waals surface area (Å²) in [6, 6.07) is 24.4. The topological polar surface area (TPSA) is 66.8 Å². The van der Waals surface area contributed by atoms with Gasteiger partial charge in [-0.05, 0) is 60.9 Å². The second-order valence-corrected chi connectivity index (χ2v) is 10.7. The SMILES string of the molecule is C=c1ccc2c(c1)Oc1cc(N(CCC)c3c(C)cccc3C)ccc1C=2c1ccccc1S(=O)(=O)O. The van der Waals surface area contributed by atoms with Crippen molar-refractivity contribution in [1.29, 1.82) is 0 Å². The summed E-state index contributed by atoms with van der Waals surface area (Å²) in [5.41, 5.74) is 6.38. The van der Waals surface area contributed by atoms with E-state index in [1.165, 1.54) is 22.9 Å². The van der Waals surface area contributed by atoms with Gasteiger partial charge in [0.25, 0.3) is 10.1 Å². The van der Waals surface area contributed by atoms with Crippen LogP contribution in [-0.2, 0) is 10.1 Å². The highest BCUT2D eigenvalue weighted by atomic mass is 32.2. The zero-order valence-corrected chi connectivity index (χ0v) is 22.0. The summed E-state index contributed by atoms with van der Waals surface area (Å²) in [7, 11) is -4.45. The number of aryl methyl sites for hydroxylation is 2. The summed E-state index contributed by atoms with van der Waals surface area (Å²) in [6.45, 7) is 11.2. The molecule has 1 aliphatic rings. The maximum atomic E-state index is 12.3. The van der Waals surface area contributed by atoms with Gasteiger partial charge in [0.15, 0.2) is 0 Å². The maximum Gasteiger partial charge on any atom is 0.295 e. The van der Waals surface area contributed by atoms with E-state index in [1.54, 1.807) is 18.2 Å². The van der Waals surface area contributed by atoms with Gasteiger partial charge in [0.05, 0.1) is 0 Å². The molecule has 188 valence electrons. The van der Waals surface area contributed by atoms with E-state index in [0.717, 1.165) is 34.7 Å². The highest BCUT2D eigenvalue weighted by Gasteiger charge is 2.26. The minimum Gasteiger partial charge on any atom is -0.456 e. The van der Waals surface area contributed by atoms with E-state index >= 15 is 0 Å². The number of benzene rings is 4. The first-order valence-corrected chi connectivity index (χ1v) is 13.7. The van der Waals surface area contributed by atoms with Gasteiger partial charge >= 0.3 is 0 Å². The molecule has 0 saturated carbocycles. The third-order valence-electron chi connectivity index (χ3n) is 6.67. The number of anilines is 2. The zero-order valence-electron chi connectivity index (χ0n) is 21.2. The summed E-state index contributed by atoms with van der Waals surface area (Å²) in [5, 5.41) is 1.52. The molecule has 1 N–H and O–H groups in total. The standard InChI is InChI=1S/C31H29NO4S/c1-5-17-32(31-21(3)9-8-10-22(31)4)23-14-16-25-28(19-23)36-27-18-20(2)13-15-24(27)30(25)26-11-6-7-12-29(26)37(33,34)35/h6-16,18-19H,2,5,17H2,1,3-4H3,(H,33,34,35). The van der Waals surface area contributed by atoms with Crippen molar-refractivity contribution in [3.63, 3.8) is 0 Å². The van der Waals surface area contributed by atoms with Crippen molar-refractivity contribution in [3.05, 3.63) is 112 Å². The molecule has 37 heavy (non-hydrogen) atoms. The first-order chi connectivity index (χ1) is 17.7. The number of fused-ring (bicyclic) bond motifs is 2. The third kappa shape index (κ3) is 4.54. The normalized spacial score (nSPS) is 12.5. The first-order valence-electron chi connectivity index (χ1n) is 12.2. The lowest BCUT2D eigenvalue weighted by atomic mass is 9.92. The van der Waals surface area contributed by atoms with Crippen molar-refractivity contribution in [2.24, 2.45) is 0 Å². The fourth-order valence-corrected chi connectivity index (χ4v) is 5.80. The lowest BCUT2D eigenvalue weighted by molar-refractivity contribution is 0.471. The van der Waals surface area contributed by atoms with E-state index < -0.39 is 10.1 Å². The zero-order chi connectivity index (χ0) is 26.3. The molecule has 1 heterocycles. The largest absolute Gasteiger partial charge is 0.456 e. The fourth-order valence-electron chi connectivity index (χ4n) is 5.10. The van der Waals surface area contributed by atoms with Crippen LogP contribution in [-0.4, -0.2) is 19.5 Å². The van der Waals surface area contributed by atoms with Gasteiger partial charge in [0, 0.05) is 45.9 Å². The van der Waals surface area contributed by atoms with Crippen molar-refractivity contribution in [2.75, 3.05) is 11.4 Å². The van der Waals surface area contributed by atoms with Gasteiger partial charge in [-0.1, -0.05) is 62.0 Å². The Labute approximate surface area is 217 Å². The number of hydrogen-bond acceptors (Lipinski definition) is 4. The lowest BCUT2D eigenvalue weighted by Gasteiger charge is -2.30. The molecule has 0 aromatic heterocycles. The van der Waals surface area contributed by atoms with E-state index in [4.69, 9.17) is 4.74 Å². The monoisotopic (exact) mass is 511 g/mol. The summed E-state index contributed by atoms with van der Waals surface area (Å²) in [4.78, 5) is 2.16. The number of hydrogen-bond donors (Lipinski definition) is 1. The van der Waals surface area contributed by atoms with Crippen molar-refractivity contribution >= 4 is 33.6 Å². The molecule has 6 heteroatoms. The van der Waals surface area contributed by atoms with Crippen LogP contribution in [0, 0.1) is 13.8 Å². The molecule has 5 rings (SSSR count). The second-order valence-electron chi connectivity index (χ2n) is 9.35. The summed E-state index contributed by atoms with van der Waals surface area (Å²) < 4.78 is 41.0. The van der Waals surface area contributed by atoms with Crippen molar-refractivity contribution in [1.82, 2.24) is 0 Å². The Morgan fingerprint density at radius 1 is 0.865 bits per heavy atom. The molecule has 0 saturated heterocycles. The van der Waals surface area contributed by atoms with E-state index in [9.17, 15) is 13.0 Å².